The third-order valence-electron chi connectivity index (χ3n) is 4.70. The van der Waals surface area contributed by atoms with Gasteiger partial charge in [0.25, 0.3) is 11.5 Å². The molecule has 0 bridgehead atoms. The molecule has 1 saturated heterocycles. The summed E-state index contributed by atoms with van der Waals surface area (Å²) >= 11 is 0. The molecule has 1 amide bonds. The number of nitrogens with one attached hydrogen (secondary N) is 1. The van der Waals surface area contributed by atoms with Crippen molar-refractivity contribution in [1.29, 1.82) is 0 Å². The Morgan fingerprint density at radius 2 is 2.00 bits per heavy atom. The number of hydrogen-bond acceptors (Lipinski definition) is 4. The topological polar surface area (TPSA) is 83.9 Å². The van der Waals surface area contributed by atoms with Crippen molar-refractivity contribution in [1.82, 2.24) is 24.6 Å². The highest BCUT2D eigenvalue weighted by Gasteiger charge is 2.25. The predicted octanol–water partition coefficient (Wildman–Crippen LogP) is 1.82. The molecule has 3 heterocycles. The minimum Gasteiger partial charge on any atom is -0.341 e. The first-order valence-corrected chi connectivity index (χ1v) is 8.71. The van der Waals surface area contributed by atoms with Crippen LogP contribution in [0.15, 0.2) is 29.5 Å². The molecule has 7 nitrogen and oxygen atoms in total. The third-order valence-corrected chi connectivity index (χ3v) is 4.70. The standard InChI is InChI=1S/C18H25N5O2/c1-18(2,3)15-4-5-16(24)23(21-15)11-13-6-8-22(9-7-13)17(25)14-10-19-12-20-14/h4-5,10,12-13H,6-9,11H2,1-3H3,(H,19,20). The second-order valence-corrected chi connectivity index (χ2v) is 7.69. The van der Waals surface area contributed by atoms with Crippen LogP contribution >= 0.6 is 0 Å². The second kappa shape index (κ2) is 6.82. The van der Waals surface area contributed by atoms with Crippen LogP contribution < -0.4 is 5.56 Å². The highest BCUT2D eigenvalue weighted by molar-refractivity contribution is 5.92. The first kappa shape index (κ1) is 17.4. The van der Waals surface area contributed by atoms with Gasteiger partial charge in [0.15, 0.2) is 0 Å². The van der Waals surface area contributed by atoms with Crippen molar-refractivity contribution in [3.8, 4) is 0 Å². The number of H-pyrrole nitrogens is 1. The van der Waals surface area contributed by atoms with E-state index in [1.54, 1.807) is 16.9 Å². The summed E-state index contributed by atoms with van der Waals surface area (Å²) in [5.74, 6) is 0.340. The molecule has 0 saturated carbocycles. The lowest BCUT2D eigenvalue weighted by Gasteiger charge is -2.31. The van der Waals surface area contributed by atoms with Gasteiger partial charge in [-0.05, 0) is 24.8 Å². The van der Waals surface area contributed by atoms with Crippen LogP contribution in [0.3, 0.4) is 0 Å². The van der Waals surface area contributed by atoms with E-state index < -0.39 is 0 Å². The fraction of sp³-hybridized carbons (Fsp3) is 0.556. The smallest absolute Gasteiger partial charge is 0.271 e. The number of hydrogen-bond donors (Lipinski definition) is 1. The van der Waals surface area contributed by atoms with E-state index in [0.29, 0.717) is 31.2 Å². The van der Waals surface area contributed by atoms with Crippen LogP contribution in [0.5, 0.6) is 0 Å². The quantitative estimate of drug-likeness (QED) is 0.921. The van der Waals surface area contributed by atoms with E-state index in [1.807, 2.05) is 11.0 Å². The molecule has 0 aromatic carbocycles. The van der Waals surface area contributed by atoms with Crippen molar-refractivity contribution < 1.29 is 4.79 Å². The summed E-state index contributed by atoms with van der Waals surface area (Å²) in [6.07, 6.45) is 4.80. The van der Waals surface area contributed by atoms with Gasteiger partial charge < -0.3 is 9.88 Å². The first-order valence-electron chi connectivity index (χ1n) is 8.71. The van der Waals surface area contributed by atoms with Crippen LogP contribution in [0.2, 0.25) is 0 Å². The number of carbonyl (C=O) groups is 1. The van der Waals surface area contributed by atoms with E-state index in [9.17, 15) is 9.59 Å². The second-order valence-electron chi connectivity index (χ2n) is 7.69. The van der Waals surface area contributed by atoms with Gasteiger partial charge in [-0.25, -0.2) is 9.67 Å². The third kappa shape index (κ3) is 3.97. The summed E-state index contributed by atoms with van der Waals surface area (Å²) < 4.78 is 1.58. The summed E-state index contributed by atoms with van der Waals surface area (Å²) in [5, 5.41) is 4.54. The fourth-order valence-corrected chi connectivity index (χ4v) is 3.09. The van der Waals surface area contributed by atoms with E-state index in [2.05, 4.69) is 35.8 Å². The number of carbonyl (C=O) groups excluding carboxylic acids is 1. The Hall–Kier alpha value is -2.44. The van der Waals surface area contributed by atoms with Gasteiger partial charge in [0.2, 0.25) is 0 Å². The summed E-state index contributed by atoms with van der Waals surface area (Å²) in [6, 6.07) is 3.41. The largest absolute Gasteiger partial charge is 0.341 e. The van der Waals surface area contributed by atoms with Gasteiger partial charge >= 0.3 is 0 Å². The van der Waals surface area contributed by atoms with Crippen molar-refractivity contribution in [2.75, 3.05) is 13.1 Å². The molecule has 2 aromatic heterocycles. The highest BCUT2D eigenvalue weighted by Crippen LogP contribution is 2.21. The normalized spacial score (nSPS) is 16.2. The summed E-state index contributed by atoms with van der Waals surface area (Å²) in [5.41, 5.74) is 1.28. The SMILES string of the molecule is CC(C)(C)c1ccc(=O)n(CC2CCN(C(=O)c3cnc[nH]3)CC2)n1. The molecule has 0 aliphatic carbocycles. The van der Waals surface area contributed by atoms with E-state index in [0.717, 1.165) is 18.5 Å². The van der Waals surface area contributed by atoms with E-state index in [4.69, 9.17) is 0 Å². The molecule has 0 unspecified atom stereocenters. The molecule has 1 aliphatic heterocycles. The molecule has 1 fully saturated rings. The molecule has 7 heteroatoms. The van der Waals surface area contributed by atoms with E-state index >= 15 is 0 Å². The number of imidazole rings is 1. The zero-order chi connectivity index (χ0) is 18.0. The Bertz CT molecular complexity index is 781. The zero-order valence-electron chi connectivity index (χ0n) is 15.0. The van der Waals surface area contributed by atoms with Crippen LogP contribution in [0.4, 0.5) is 0 Å². The maximum atomic E-state index is 12.3. The molecule has 134 valence electrons. The Kier molecular flexibility index (Phi) is 4.74. The predicted molar refractivity (Wildman–Crippen MR) is 94.4 cm³/mol. The molecule has 0 spiro atoms. The van der Waals surface area contributed by atoms with Gasteiger partial charge in [-0.15, -0.1) is 0 Å². The Morgan fingerprint density at radius 3 is 2.60 bits per heavy atom. The van der Waals surface area contributed by atoms with Gasteiger partial charge in [-0.1, -0.05) is 20.8 Å². The van der Waals surface area contributed by atoms with Crippen molar-refractivity contribution >= 4 is 5.91 Å². The van der Waals surface area contributed by atoms with E-state index in [-0.39, 0.29) is 16.9 Å². The maximum absolute atomic E-state index is 12.3. The number of rotatable bonds is 3. The summed E-state index contributed by atoms with van der Waals surface area (Å²) in [6.45, 7) is 8.25. The molecular weight excluding hydrogens is 318 g/mol. The molecule has 1 N–H and O–H groups in total. The average Bonchev–Trinajstić information content (AvgIpc) is 3.10. The number of aromatic amines is 1. The minimum atomic E-state index is -0.0880. The lowest BCUT2D eigenvalue weighted by atomic mass is 9.92. The minimum absolute atomic E-state index is 0.0130. The lowest BCUT2D eigenvalue weighted by Crippen LogP contribution is -2.40. The molecule has 3 rings (SSSR count). The van der Waals surface area contributed by atoms with E-state index in [1.165, 1.54) is 6.33 Å². The highest BCUT2D eigenvalue weighted by atomic mass is 16.2. The van der Waals surface area contributed by atoms with Gasteiger partial charge in [0.05, 0.1) is 18.2 Å². The number of aromatic nitrogens is 4. The molecule has 0 radical (unpaired) electrons. The Morgan fingerprint density at radius 1 is 1.28 bits per heavy atom. The maximum Gasteiger partial charge on any atom is 0.271 e. The van der Waals surface area contributed by atoms with Crippen LogP contribution in [-0.2, 0) is 12.0 Å². The van der Waals surface area contributed by atoms with Crippen molar-refractivity contribution in [3.63, 3.8) is 0 Å². The van der Waals surface area contributed by atoms with Crippen molar-refractivity contribution in [3.05, 3.63) is 46.4 Å². The Labute approximate surface area is 147 Å². The van der Waals surface area contributed by atoms with Crippen molar-refractivity contribution in [2.45, 2.75) is 45.6 Å². The Balaban J connectivity index is 1.63. The molecule has 1 aliphatic rings. The first-order chi connectivity index (χ1) is 11.8. The molecule has 0 atom stereocenters. The lowest BCUT2D eigenvalue weighted by molar-refractivity contribution is 0.0675. The van der Waals surface area contributed by atoms with Crippen LogP contribution in [0.1, 0.15) is 49.8 Å². The van der Waals surface area contributed by atoms with Crippen LogP contribution in [0, 0.1) is 5.92 Å². The van der Waals surface area contributed by atoms with Gasteiger partial charge in [0.1, 0.15) is 5.69 Å². The molecule has 25 heavy (non-hydrogen) atoms. The van der Waals surface area contributed by atoms with Gasteiger partial charge in [-0.3, -0.25) is 9.59 Å². The van der Waals surface area contributed by atoms with Gasteiger partial charge in [0, 0.05) is 31.1 Å². The number of piperidine rings is 1. The molecule has 2 aromatic rings. The fourth-order valence-electron chi connectivity index (χ4n) is 3.09. The molecular formula is C18H25N5O2. The summed E-state index contributed by atoms with van der Waals surface area (Å²) in [4.78, 5) is 33.0. The monoisotopic (exact) mass is 343 g/mol. The zero-order valence-corrected chi connectivity index (χ0v) is 15.0. The van der Waals surface area contributed by atoms with Gasteiger partial charge in [-0.2, -0.15) is 5.10 Å². The number of likely N-dealkylation sites (tertiary alicyclic amines) is 1. The van der Waals surface area contributed by atoms with Crippen molar-refractivity contribution in [2.24, 2.45) is 5.92 Å². The average molecular weight is 343 g/mol. The van der Waals surface area contributed by atoms with Crippen LogP contribution in [0.25, 0.3) is 0 Å². The summed E-state index contributed by atoms with van der Waals surface area (Å²) in [7, 11) is 0. The number of amides is 1. The number of nitrogens with zero attached hydrogens (tertiary/aromatic N) is 4. The van der Waals surface area contributed by atoms with Crippen LogP contribution in [-0.4, -0.2) is 43.6 Å².